The molecule has 4 aromatic carbocycles. The molecule has 2 aromatic heterocycles. The topological polar surface area (TPSA) is 86.4 Å². The molecule has 0 unspecified atom stereocenters. The quantitative estimate of drug-likeness (QED) is 0.272. The summed E-state index contributed by atoms with van der Waals surface area (Å²) in [5.41, 5.74) is 7.33. The number of para-hydroxylation sites is 2. The fourth-order valence-corrected chi connectivity index (χ4v) is 5.11. The third-order valence-corrected chi connectivity index (χ3v) is 6.93. The Hall–Kier alpha value is -5.29. The van der Waals surface area contributed by atoms with Crippen LogP contribution in [0.15, 0.2) is 109 Å². The van der Waals surface area contributed by atoms with Crippen molar-refractivity contribution in [2.75, 3.05) is 0 Å². The van der Waals surface area contributed by atoms with Crippen LogP contribution in [-0.4, -0.2) is 26.4 Å². The maximum absolute atomic E-state index is 9.19. The van der Waals surface area contributed by atoms with Crippen LogP contribution in [0.5, 0.6) is 0 Å². The number of nitrogens with zero attached hydrogens (tertiary/aromatic N) is 3. The van der Waals surface area contributed by atoms with E-state index in [9.17, 15) is 5.41 Å². The second kappa shape index (κ2) is 8.68. The molecule has 0 aliphatic heterocycles. The van der Waals surface area contributed by atoms with Gasteiger partial charge in [0, 0.05) is 38.6 Å². The highest BCUT2D eigenvalue weighted by Gasteiger charge is 2.29. The van der Waals surface area contributed by atoms with E-state index in [0.717, 1.165) is 49.8 Å². The predicted molar refractivity (Wildman–Crippen MR) is 155 cm³/mol. The fraction of sp³-hybridized carbons (Fsp3) is 0. The molecule has 0 spiro atoms. The van der Waals surface area contributed by atoms with Gasteiger partial charge in [-0.05, 0) is 18.2 Å². The molecule has 0 radical (unpaired) electrons. The second-order valence-electron chi connectivity index (χ2n) is 9.22. The predicted octanol–water partition coefficient (Wildman–Crippen LogP) is 7.45. The zero-order valence-corrected chi connectivity index (χ0v) is 20.3. The number of fused-ring (bicyclic) bond motifs is 4. The van der Waals surface area contributed by atoms with Gasteiger partial charge < -0.3 is 0 Å². The monoisotopic (exact) mass is 487 g/mol. The minimum Gasteiger partial charge on any atom is -0.298 e. The summed E-state index contributed by atoms with van der Waals surface area (Å²) >= 11 is 0. The van der Waals surface area contributed by atoms with Crippen LogP contribution in [0.4, 0.5) is 0 Å². The number of hydrogen-bond acceptors (Lipinski definition) is 5. The lowest BCUT2D eigenvalue weighted by Gasteiger charge is -2.23. The van der Waals surface area contributed by atoms with E-state index < -0.39 is 0 Å². The molecular weight excluding hydrogens is 466 g/mol. The van der Waals surface area contributed by atoms with Crippen LogP contribution in [0.1, 0.15) is 16.8 Å². The summed E-state index contributed by atoms with van der Waals surface area (Å²) in [4.78, 5) is 14.8. The average molecular weight is 488 g/mol. The van der Waals surface area contributed by atoms with E-state index in [1.807, 2.05) is 115 Å². The number of nitrogens with one attached hydrogen (secondary N) is 2. The number of hydrogen-bond donors (Lipinski definition) is 2. The highest BCUT2D eigenvalue weighted by atomic mass is 14.9. The van der Waals surface area contributed by atoms with Gasteiger partial charge in [0.2, 0.25) is 0 Å². The third-order valence-electron chi connectivity index (χ3n) is 6.93. The standard InChI is InChI=1S/C33H21N5/c34-29-25(32-23-16-8-10-18-27(23)37-33(38-32)21-13-5-2-6-14-21)19-24-28(30(29)35)22-15-7-9-17-26(22)36-31(24)20-11-3-1-4-12-20/h1-19,34-35H. The zero-order chi connectivity index (χ0) is 25.6. The van der Waals surface area contributed by atoms with Crippen LogP contribution >= 0.6 is 0 Å². The van der Waals surface area contributed by atoms with Crippen molar-refractivity contribution >= 4 is 44.9 Å². The molecule has 5 heteroatoms. The number of pyridine rings is 1. The number of rotatable bonds is 3. The van der Waals surface area contributed by atoms with Crippen LogP contribution in [0.2, 0.25) is 0 Å². The Morgan fingerprint density at radius 3 is 1.76 bits per heavy atom. The third kappa shape index (κ3) is 3.44. The summed E-state index contributed by atoms with van der Waals surface area (Å²) in [6.07, 6.45) is 1.99. The molecule has 6 aromatic rings. The Morgan fingerprint density at radius 1 is 0.474 bits per heavy atom. The Balaban J connectivity index is 1.56. The van der Waals surface area contributed by atoms with Crippen molar-refractivity contribution in [2.45, 2.75) is 0 Å². The van der Waals surface area contributed by atoms with E-state index >= 15 is 0 Å². The van der Waals surface area contributed by atoms with Crippen molar-refractivity contribution in [3.8, 4) is 22.6 Å². The van der Waals surface area contributed by atoms with Gasteiger partial charge in [0.25, 0.3) is 0 Å². The van der Waals surface area contributed by atoms with Gasteiger partial charge >= 0.3 is 0 Å². The zero-order valence-electron chi connectivity index (χ0n) is 20.3. The molecule has 1 aliphatic rings. The SMILES string of the molecule is N=C1C(=N)c2c(c(-c3ccccc3)nc3ccccc23)C=C1c1nc(-c2ccccc2)nc2ccccc12. The number of allylic oxidation sites excluding steroid dienone is 1. The van der Waals surface area contributed by atoms with Gasteiger partial charge in [-0.2, -0.15) is 0 Å². The molecule has 0 atom stereocenters. The van der Waals surface area contributed by atoms with Crippen molar-refractivity contribution in [2.24, 2.45) is 0 Å². The maximum Gasteiger partial charge on any atom is 0.160 e. The number of benzene rings is 4. The lowest BCUT2D eigenvalue weighted by atomic mass is 9.83. The van der Waals surface area contributed by atoms with Crippen molar-refractivity contribution in [1.29, 1.82) is 10.8 Å². The van der Waals surface area contributed by atoms with Gasteiger partial charge in [-0.15, -0.1) is 0 Å². The first-order chi connectivity index (χ1) is 18.7. The molecule has 0 amide bonds. The molecule has 178 valence electrons. The highest BCUT2D eigenvalue weighted by Crippen LogP contribution is 2.39. The fourth-order valence-electron chi connectivity index (χ4n) is 5.11. The minimum atomic E-state index is 0.135. The van der Waals surface area contributed by atoms with Crippen LogP contribution in [-0.2, 0) is 0 Å². The Morgan fingerprint density at radius 2 is 1.05 bits per heavy atom. The molecule has 0 bridgehead atoms. The van der Waals surface area contributed by atoms with Crippen molar-refractivity contribution in [1.82, 2.24) is 15.0 Å². The van der Waals surface area contributed by atoms with Gasteiger partial charge in [-0.3, -0.25) is 10.8 Å². The molecule has 38 heavy (non-hydrogen) atoms. The van der Waals surface area contributed by atoms with Gasteiger partial charge in [0.1, 0.15) is 0 Å². The summed E-state index contributed by atoms with van der Waals surface area (Å²) in [6.45, 7) is 0. The smallest absolute Gasteiger partial charge is 0.160 e. The Kier molecular flexibility index (Phi) is 5.01. The molecule has 5 nitrogen and oxygen atoms in total. The molecule has 0 fully saturated rings. The summed E-state index contributed by atoms with van der Waals surface area (Å²) < 4.78 is 0. The molecule has 0 saturated heterocycles. The van der Waals surface area contributed by atoms with E-state index in [-0.39, 0.29) is 11.4 Å². The van der Waals surface area contributed by atoms with E-state index in [1.165, 1.54) is 0 Å². The largest absolute Gasteiger partial charge is 0.298 e. The van der Waals surface area contributed by atoms with Gasteiger partial charge in [0.05, 0.1) is 33.8 Å². The summed E-state index contributed by atoms with van der Waals surface area (Å²) in [5, 5.41) is 20.0. The highest BCUT2D eigenvalue weighted by molar-refractivity contribution is 6.64. The normalized spacial score (nSPS) is 13.0. The molecule has 7 rings (SSSR count). The second-order valence-corrected chi connectivity index (χ2v) is 9.22. The first-order valence-corrected chi connectivity index (χ1v) is 12.4. The summed E-state index contributed by atoms with van der Waals surface area (Å²) in [6, 6.07) is 35.6. The van der Waals surface area contributed by atoms with E-state index in [2.05, 4.69) is 0 Å². The van der Waals surface area contributed by atoms with Crippen molar-refractivity contribution in [3.05, 3.63) is 126 Å². The molecule has 2 N–H and O–H groups in total. The van der Waals surface area contributed by atoms with Crippen LogP contribution < -0.4 is 0 Å². The molecule has 2 heterocycles. The average Bonchev–Trinajstić information content (AvgIpc) is 2.98. The summed E-state index contributed by atoms with van der Waals surface area (Å²) in [5.74, 6) is 0.588. The lowest BCUT2D eigenvalue weighted by Crippen LogP contribution is -2.22. The first kappa shape index (κ1) is 21.9. The van der Waals surface area contributed by atoms with Crippen LogP contribution in [0.25, 0.3) is 56.1 Å². The Labute approximate surface area is 219 Å². The Bertz CT molecular complexity index is 1940. The van der Waals surface area contributed by atoms with Crippen LogP contribution in [0, 0.1) is 10.8 Å². The van der Waals surface area contributed by atoms with Crippen molar-refractivity contribution < 1.29 is 0 Å². The maximum atomic E-state index is 9.19. The minimum absolute atomic E-state index is 0.135. The van der Waals surface area contributed by atoms with Crippen molar-refractivity contribution in [3.63, 3.8) is 0 Å². The molecular formula is C33H21N5. The van der Waals surface area contributed by atoms with Gasteiger partial charge in [0.15, 0.2) is 5.82 Å². The lowest BCUT2D eigenvalue weighted by molar-refractivity contribution is 1.20. The van der Waals surface area contributed by atoms with E-state index in [0.29, 0.717) is 17.1 Å². The molecule has 1 aliphatic carbocycles. The van der Waals surface area contributed by atoms with Gasteiger partial charge in [-0.25, -0.2) is 15.0 Å². The molecule has 0 saturated carbocycles. The summed E-state index contributed by atoms with van der Waals surface area (Å²) in [7, 11) is 0. The van der Waals surface area contributed by atoms with Crippen LogP contribution in [0.3, 0.4) is 0 Å². The van der Waals surface area contributed by atoms with E-state index in [4.69, 9.17) is 20.4 Å². The first-order valence-electron chi connectivity index (χ1n) is 12.4. The number of aromatic nitrogens is 3. The van der Waals surface area contributed by atoms with Gasteiger partial charge in [-0.1, -0.05) is 97.1 Å². The van der Waals surface area contributed by atoms with E-state index in [1.54, 1.807) is 0 Å².